The third-order valence-corrected chi connectivity index (χ3v) is 4.51. The highest BCUT2D eigenvalue weighted by atomic mass is 32.2. The maximum absolute atomic E-state index is 12.5. The van der Waals surface area contributed by atoms with Gasteiger partial charge >= 0.3 is 0 Å². The Morgan fingerprint density at radius 1 is 1.38 bits per heavy atom. The van der Waals surface area contributed by atoms with E-state index in [2.05, 4.69) is 4.72 Å². The molecular formula is C13H19N3O4S. The van der Waals surface area contributed by atoms with Gasteiger partial charge in [-0.15, -0.1) is 0 Å². The second-order valence-corrected chi connectivity index (χ2v) is 6.73. The van der Waals surface area contributed by atoms with Gasteiger partial charge in [-0.05, 0) is 25.1 Å². The second-order valence-electron chi connectivity index (χ2n) is 4.72. The molecular weight excluding hydrogens is 294 g/mol. The van der Waals surface area contributed by atoms with Crippen LogP contribution in [0.2, 0.25) is 0 Å². The Morgan fingerprint density at radius 2 is 2.05 bits per heavy atom. The van der Waals surface area contributed by atoms with Crippen LogP contribution < -0.4 is 10.5 Å². The number of hydrogen-bond donors (Lipinski definition) is 2. The zero-order valence-corrected chi connectivity index (χ0v) is 12.6. The van der Waals surface area contributed by atoms with Gasteiger partial charge in [0.2, 0.25) is 10.0 Å². The molecule has 1 saturated heterocycles. The van der Waals surface area contributed by atoms with E-state index in [0.29, 0.717) is 37.6 Å². The van der Waals surface area contributed by atoms with Crippen molar-refractivity contribution in [1.29, 1.82) is 0 Å². The number of nitrogens with one attached hydrogen (secondary N) is 1. The molecule has 0 aliphatic carbocycles. The van der Waals surface area contributed by atoms with Crippen LogP contribution in [0, 0.1) is 0 Å². The van der Waals surface area contributed by atoms with Gasteiger partial charge in [0.25, 0.3) is 5.91 Å². The van der Waals surface area contributed by atoms with E-state index < -0.39 is 10.0 Å². The molecule has 3 N–H and O–H groups in total. The summed E-state index contributed by atoms with van der Waals surface area (Å²) in [5.41, 5.74) is 6.59. The number of hydrogen-bond acceptors (Lipinski definition) is 5. The normalized spacial score (nSPS) is 15.8. The molecule has 1 aromatic rings. The van der Waals surface area contributed by atoms with Gasteiger partial charge in [0.15, 0.2) is 0 Å². The summed E-state index contributed by atoms with van der Waals surface area (Å²) < 4.78 is 31.1. The summed E-state index contributed by atoms with van der Waals surface area (Å²) >= 11 is 0. The minimum absolute atomic E-state index is 0.0764. The zero-order chi connectivity index (χ0) is 15.5. The van der Waals surface area contributed by atoms with Crippen molar-refractivity contribution in [3.05, 3.63) is 23.8 Å². The quantitative estimate of drug-likeness (QED) is 0.788. The number of ether oxygens (including phenoxy) is 1. The number of benzene rings is 1. The van der Waals surface area contributed by atoms with Crippen molar-refractivity contribution in [1.82, 2.24) is 4.90 Å². The summed E-state index contributed by atoms with van der Waals surface area (Å²) in [6.45, 7) is 3.47. The Kier molecular flexibility index (Phi) is 4.69. The lowest BCUT2D eigenvalue weighted by Gasteiger charge is -2.27. The molecule has 1 aliphatic heterocycles. The number of carbonyl (C=O) groups excluding carboxylic acids is 1. The monoisotopic (exact) mass is 313 g/mol. The molecule has 8 heteroatoms. The number of nitrogens with zero attached hydrogens (tertiary/aromatic N) is 1. The minimum atomic E-state index is -3.48. The van der Waals surface area contributed by atoms with E-state index in [1.807, 2.05) is 0 Å². The van der Waals surface area contributed by atoms with Crippen LogP contribution in [-0.4, -0.2) is 51.3 Å². The number of amides is 1. The highest BCUT2D eigenvalue weighted by Gasteiger charge is 2.22. The van der Waals surface area contributed by atoms with Gasteiger partial charge in [0.05, 0.1) is 30.2 Å². The lowest BCUT2D eigenvalue weighted by molar-refractivity contribution is 0.0303. The van der Waals surface area contributed by atoms with Crippen LogP contribution in [-0.2, 0) is 14.8 Å². The van der Waals surface area contributed by atoms with E-state index in [0.717, 1.165) is 0 Å². The van der Waals surface area contributed by atoms with Crippen molar-refractivity contribution >= 4 is 27.3 Å². The Bertz CT molecular complexity index is 624. The first-order valence-corrected chi connectivity index (χ1v) is 8.35. The maximum Gasteiger partial charge on any atom is 0.256 e. The number of nitrogen functional groups attached to an aromatic ring is 1. The SMILES string of the molecule is CCS(=O)(=O)Nc1cc(N)ccc1C(=O)N1CCOCC1. The molecule has 1 aliphatic rings. The van der Waals surface area contributed by atoms with Crippen LogP contribution in [0.1, 0.15) is 17.3 Å². The summed E-state index contributed by atoms with van der Waals surface area (Å²) in [6, 6.07) is 4.58. The molecule has 0 bridgehead atoms. The smallest absolute Gasteiger partial charge is 0.256 e. The van der Waals surface area contributed by atoms with Crippen molar-refractivity contribution in [2.75, 3.05) is 42.5 Å². The third kappa shape index (κ3) is 3.85. The molecule has 0 unspecified atom stereocenters. The first-order chi connectivity index (χ1) is 9.93. The Morgan fingerprint density at radius 3 is 2.67 bits per heavy atom. The molecule has 1 amide bonds. The summed E-state index contributed by atoms with van der Waals surface area (Å²) in [5, 5.41) is 0. The number of carbonyl (C=O) groups is 1. The minimum Gasteiger partial charge on any atom is -0.399 e. The van der Waals surface area contributed by atoms with Gasteiger partial charge in [-0.25, -0.2) is 8.42 Å². The Hall–Kier alpha value is -1.80. The van der Waals surface area contributed by atoms with Crippen molar-refractivity contribution in [2.24, 2.45) is 0 Å². The largest absolute Gasteiger partial charge is 0.399 e. The van der Waals surface area contributed by atoms with Crippen LogP contribution in [0.15, 0.2) is 18.2 Å². The zero-order valence-electron chi connectivity index (χ0n) is 11.8. The van der Waals surface area contributed by atoms with E-state index in [1.54, 1.807) is 17.0 Å². The van der Waals surface area contributed by atoms with Crippen LogP contribution in [0.4, 0.5) is 11.4 Å². The molecule has 0 aromatic heterocycles. The molecule has 0 saturated carbocycles. The van der Waals surface area contributed by atoms with E-state index in [9.17, 15) is 13.2 Å². The van der Waals surface area contributed by atoms with Crippen molar-refractivity contribution < 1.29 is 17.9 Å². The molecule has 7 nitrogen and oxygen atoms in total. The molecule has 2 rings (SSSR count). The van der Waals surface area contributed by atoms with Gasteiger partial charge in [-0.1, -0.05) is 0 Å². The predicted octanol–water partition coefficient (Wildman–Crippen LogP) is 0.503. The molecule has 116 valence electrons. The third-order valence-electron chi connectivity index (χ3n) is 3.22. The molecule has 0 spiro atoms. The van der Waals surface area contributed by atoms with E-state index in [-0.39, 0.29) is 17.3 Å². The van der Waals surface area contributed by atoms with Crippen LogP contribution in [0.25, 0.3) is 0 Å². The highest BCUT2D eigenvalue weighted by molar-refractivity contribution is 7.92. The first kappa shape index (κ1) is 15.6. The fourth-order valence-electron chi connectivity index (χ4n) is 2.01. The topological polar surface area (TPSA) is 102 Å². The van der Waals surface area contributed by atoms with Crippen LogP contribution in [0.5, 0.6) is 0 Å². The van der Waals surface area contributed by atoms with Crippen molar-refractivity contribution in [2.45, 2.75) is 6.92 Å². The van der Waals surface area contributed by atoms with Gasteiger partial charge in [0.1, 0.15) is 0 Å². The van der Waals surface area contributed by atoms with Crippen molar-refractivity contribution in [3.8, 4) is 0 Å². The van der Waals surface area contributed by atoms with Gasteiger partial charge in [-0.2, -0.15) is 0 Å². The molecule has 0 atom stereocenters. The highest BCUT2D eigenvalue weighted by Crippen LogP contribution is 2.22. The molecule has 21 heavy (non-hydrogen) atoms. The van der Waals surface area contributed by atoms with E-state index >= 15 is 0 Å². The van der Waals surface area contributed by atoms with Crippen LogP contribution in [0.3, 0.4) is 0 Å². The Labute approximate surface area is 124 Å². The number of nitrogens with two attached hydrogens (primary N) is 1. The molecule has 1 fully saturated rings. The fourth-order valence-corrected chi connectivity index (χ4v) is 2.66. The predicted molar refractivity (Wildman–Crippen MR) is 80.7 cm³/mol. The standard InChI is InChI=1S/C13H19N3O4S/c1-2-21(18,19)15-12-9-10(14)3-4-11(12)13(17)16-5-7-20-8-6-16/h3-4,9,15H,2,5-8,14H2,1H3. The first-order valence-electron chi connectivity index (χ1n) is 6.70. The number of rotatable bonds is 4. The van der Waals surface area contributed by atoms with Crippen LogP contribution >= 0.6 is 0 Å². The van der Waals surface area contributed by atoms with Gasteiger partial charge < -0.3 is 15.4 Å². The lowest BCUT2D eigenvalue weighted by atomic mass is 10.1. The van der Waals surface area contributed by atoms with E-state index in [1.165, 1.54) is 13.0 Å². The summed E-state index contributed by atoms with van der Waals surface area (Å²) in [6.07, 6.45) is 0. The maximum atomic E-state index is 12.5. The average molecular weight is 313 g/mol. The fraction of sp³-hybridized carbons (Fsp3) is 0.462. The van der Waals surface area contributed by atoms with E-state index in [4.69, 9.17) is 10.5 Å². The number of morpholine rings is 1. The Balaban J connectivity index is 2.32. The second kappa shape index (κ2) is 6.31. The number of anilines is 2. The lowest BCUT2D eigenvalue weighted by Crippen LogP contribution is -2.41. The molecule has 0 radical (unpaired) electrons. The summed E-state index contributed by atoms with van der Waals surface area (Å²) in [7, 11) is -3.48. The summed E-state index contributed by atoms with van der Waals surface area (Å²) in [5.74, 6) is -0.306. The summed E-state index contributed by atoms with van der Waals surface area (Å²) in [4.78, 5) is 14.1. The van der Waals surface area contributed by atoms with Gasteiger partial charge in [-0.3, -0.25) is 9.52 Å². The van der Waals surface area contributed by atoms with Crippen molar-refractivity contribution in [3.63, 3.8) is 0 Å². The van der Waals surface area contributed by atoms with Gasteiger partial charge in [0, 0.05) is 18.8 Å². The molecule has 1 heterocycles. The average Bonchev–Trinajstić information content (AvgIpc) is 2.47. The number of sulfonamides is 1. The molecule has 1 aromatic carbocycles.